The lowest BCUT2D eigenvalue weighted by atomic mass is 10.0. The van der Waals surface area contributed by atoms with E-state index in [1.54, 1.807) is 13.0 Å². The topological polar surface area (TPSA) is 49.4 Å². The van der Waals surface area contributed by atoms with E-state index in [-0.39, 0.29) is 17.7 Å². The van der Waals surface area contributed by atoms with E-state index < -0.39 is 5.82 Å². The van der Waals surface area contributed by atoms with Crippen LogP contribution in [-0.4, -0.2) is 30.8 Å². The molecule has 1 atom stereocenters. The summed E-state index contributed by atoms with van der Waals surface area (Å²) in [6.07, 6.45) is 0.638. The van der Waals surface area contributed by atoms with Crippen molar-refractivity contribution in [2.24, 2.45) is 0 Å². The van der Waals surface area contributed by atoms with Gasteiger partial charge >= 0.3 is 0 Å². The van der Waals surface area contributed by atoms with Gasteiger partial charge in [0.05, 0.1) is 0 Å². The highest BCUT2D eigenvalue weighted by molar-refractivity contribution is 6.01. The molecule has 0 saturated carbocycles. The first-order valence-corrected chi connectivity index (χ1v) is 6.81. The minimum atomic E-state index is -0.395. The van der Waals surface area contributed by atoms with Gasteiger partial charge in [0.15, 0.2) is 5.78 Å². The van der Waals surface area contributed by atoms with E-state index in [9.17, 15) is 14.0 Å². The smallest absolute Gasteiger partial charge is 0.242 e. The fraction of sp³-hybridized carbons (Fsp3) is 0.467. The minimum Gasteiger partial charge on any atom is -0.357 e. The van der Waals surface area contributed by atoms with Crippen LogP contribution in [0.3, 0.4) is 0 Å². The van der Waals surface area contributed by atoms with Crippen LogP contribution in [0, 0.1) is 12.7 Å². The van der Waals surface area contributed by atoms with Gasteiger partial charge in [0.1, 0.15) is 11.9 Å². The SMILES string of the molecule is CCC1C(=O)NCCN1c1cc(C)c(F)cc1C(C)=O. The summed E-state index contributed by atoms with van der Waals surface area (Å²) < 4.78 is 13.7. The summed E-state index contributed by atoms with van der Waals surface area (Å²) in [5, 5.41) is 2.82. The quantitative estimate of drug-likeness (QED) is 0.861. The average molecular weight is 278 g/mol. The zero-order valence-electron chi connectivity index (χ0n) is 12.0. The molecule has 1 unspecified atom stereocenters. The lowest BCUT2D eigenvalue weighted by molar-refractivity contribution is -0.123. The number of nitrogens with zero attached hydrogens (tertiary/aromatic N) is 1. The highest BCUT2D eigenvalue weighted by Crippen LogP contribution is 2.28. The number of anilines is 1. The van der Waals surface area contributed by atoms with E-state index >= 15 is 0 Å². The van der Waals surface area contributed by atoms with E-state index in [0.29, 0.717) is 36.3 Å². The zero-order valence-corrected chi connectivity index (χ0v) is 12.0. The number of benzene rings is 1. The van der Waals surface area contributed by atoms with Crippen molar-refractivity contribution in [3.05, 3.63) is 29.1 Å². The third kappa shape index (κ3) is 2.53. The van der Waals surface area contributed by atoms with Crippen molar-refractivity contribution in [1.82, 2.24) is 5.32 Å². The second-order valence-electron chi connectivity index (χ2n) is 5.08. The number of rotatable bonds is 3. The number of aryl methyl sites for hydroxylation is 1. The molecule has 108 valence electrons. The van der Waals surface area contributed by atoms with Crippen molar-refractivity contribution in [3.8, 4) is 0 Å². The Kier molecular flexibility index (Phi) is 4.06. The van der Waals surface area contributed by atoms with Crippen LogP contribution < -0.4 is 10.2 Å². The first-order chi connectivity index (χ1) is 9.45. The number of carbonyl (C=O) groups is 2. The highest BCUT2D eigenvalue weighted by atomic mass is 19.1. The molecular weight excluding hydrogens is 259 g/mol. The molecule has 1 aliphatic rings. The van der Waals surface area contributed by atoms with Crippen LogP contribution in [0.4, 0.5) is 10.1 Å². The molecular formula is C15H19FN2O2. The second kappa shape index (κ2) is 5.61. The number of nitrogens with one attached hydrogen (secondary N) is 1. The number of ketones is 1. The summed E-state index contributed by atoms with van der Waals surface area (Å²) in [6.45, 7) is 6.15. The Bertz CT molecular complexity index is 557. The molecule has 20 heavy (non-hydrogen) atoms. The summed E-state index contributed by atoms with van der Waals surface area (Å²) in [5.41, 5.74) is 1.46. The number of piperazine rings is 1. The summed E-state index contributed by atoms with van der Waals surface area (Å²) in [4.78, 5) is 25.6. The first kappa shape index (κ1) is 14.5. The molecule has 1 aromatic rings. The predicted molar refractivity (Wildman–Crippen MR) is 75.6 cm³/mol. The molecule has 2 rings (SSSR count). The third-order valence-electron chi connectivity index (χ3n) is 3.68. The van der Waals surface area contributed by atoms with Crippen molar-refractivity contribution in [2.75, 3.05) is 18.0 Å². The van der Waals surface area contributed by atoms with Gasteiger partial charge in [-0.25, -0.2) is 4.39 Å². The van der Waals surface area contributed by atoms with Crippen LogP contribution in [0.5, 0.6) is 0 Å². The van der Waals surface area contributed by atoms with Crippen molar-refractivity contribution in [1.29, 1.82) is 0 Å². The Hall–Kier alpha value is -1.91. The maximum absolute atomic E-state index is 13.7. The standard InChI is InChI=1S/C15H19FN2O2/c1-4-13-15(20)17-5-6-18(13)14-7-9(2)12(16)8-11(14)10(3)19/h7-8,13H,4-6H2,1-3H3,(H,17,20). The molecule has 1 amide bonds. The second-order valence-corrected chi connectivity index (χ2v) is 5.08. The largest absolute Gasteiger partial charge is 0.357 e. The number of hydrogen-bond acceptors (Lipinski definition) is 3. The van der Waals surface area contributed by atoms with Crippen LogP contribution in [0.15, 0.2) is 12.1 Å². The molecule has 1 aromatic carbocycles. The van der Waals surface area contributed by atoms with Crippen LogP contribution in [0.1, 0.15) is 36.2 Å². The van der Waals surface area contributed by atoms with Gasteiger partial charge in [0.2, 0.25) is 5.91 Å². The van der Waals surface area contributed by atoms with Crippen LogP contribution in [-0.2, 0) is 4.79 Å². The van der Waals surface area contributed by atoms with Gasteiger partial charge < -0.3 is 10.2 Å². The van der Waals surface area contributed by atoms with Gasteiger partial charge in [-0.15, -0.1) is 0 Å². The summed E-state index contributed by atoms with van der Waals surface area (Å²) in [5.74, 6) is -0.636. The fourth-order valence-electron chi connectivity index (χ4n) is 2.59. The molecule has 0 spiro atoms. The van der Waals surface area contributed by atoms with E-state index in [2.05, 4.69) is 5.32 Å². The van der Waals surface area contributed by atoms with Crippen molar-refractivity contribution in [3.63, 3.8) is 0 Å². The van der Waals surface area contributed by atoms with Gasteiger partial charge in [-0.2, -0.15) is 0 Å². The number of halogens is 1. The fourth-order valence-corrected chi connectivity index (χ4v) is 2.59. The number of carbonyl (C=O) groups excluding carboxylic acids is 2. The summed E-state index contributed by atoms with van der Waals surface area (Å²) in [7, 11) is 0. The number of Topliss-reactive ketones (excluding diaryl/α,β-unsaturated/α-hetero) is 1. The Morgan fingerprint density at radius 1 is 1.50 bits per heavy atom. The Morgan fingerprint density at radius 2 is 2.20 bits per heavy atom. The molecule has 4 nitrogen and oxygen atoms in total. The molecule has 1 heterocycles. The normalized spacial score (nSPS) is 18.9. The summed E-state index contributed by atoms with van der Waals surface area (Å²) >= 11 is 0. The number of hydrogen-bond donors (Lipinski definition) is 1. The van der Waals surface area contributed by atoms with Crippen molar-refractivity contribution in [2.45, 2.75) is 33.2 Å². The molecule has 5 heteroatoms. The summed E-state index contributed by atoms with van der Waals surface area (Å²) in [6, 6.07) is 2.62. The van der Waals surface area contributed by atoms with Gasteiger partial charge in [-0.05, 0) is 38.0 Å². The molecule has 0 aliphatic carbocycles. The maximum Gasteiger partial charge on any atom is 0.242 e. The highest BCUT2D eigenvalue weighted by Gasteiger charge is 2.30. The molecule has 1 N–H and O–H groups in total. The van der Waals surface area contributed by atoms with E-state index in [1.807, 2.05) is 11.8 Å². The lowest BCUT2D eigenvalue weighted by Gasteiger charge is -2.37. The van der Waals surface area contributed by atoms with E-state index in [0.717, 1.165) is 0 Å². The molecule has 1 saturated heterocycles. The molecule has 1 fully saturated rings. The van der Waals surface area contributed by atoms with Gasteiger partial charge in [0.25, 0.3) is 0 Å². The van der Waals surface area contributed by atoms with E-state index in [4.69, 9.17) is 0 Å². The molecule has 1 aliphatic heterocycles. The Balaban J connectivity index is 2.52. The van der Waals surface area contributed by atoms with Crippen molar-refractivity contribution >= 4 is 17.4 Å². The van der Waals surface area contributed by atoms with Gasteiger partial charge in [-0.3, -0.25) is 9.59 Å². The zero-order chi connectivity index (χ0) is 14.9. The average Bonchev–Trinajstić information content (AvgIpc) is 2.40. The first-order valence-electron chi connectivity index (χ1n) is 6.81. The van der Waals surface area contributed by atoms with Crippen LogP contribution in [0.2, 0.25) is 0 Å². The van der Waals surface area contributed by atoms with E-state index in [1.165, 1.54) is 13.0 Å². The molecule has 0 radical (unpaired) electrons. The minimum absolute atomic E-state index is 0.0461. The molecule has 0 aromatic heterocycles. The number of amides is 1. The van der Waals surface area contributed by atoms with Crippen molar-refractivity contribution < 1.29 is 14.0 Å². The Morgan fingerprint density at radius 3 is 2.80 bits per heavy atom. The maximum atomic E-state index is 13.7. The van der Waals surface area contributed by atoms with Crippen LogP contribution in [0.25, 0.3) is 0 Å². The van der Waals surface area contributed by atoms with Gasteiger partial charge in [-0.1, -0.05) is 6.92 Å². The van der Waals surface area contributed by atoms with Gasteiger partial charge in [0, 0.05) is 24.3 Å². The predicted octanol–water partition coefficient (Wildman–Crippen LogP) is 2.05. The lowest BCUT2D eigenvalue weighted by Crippen LogP contribution is -2.55. The Labute approximate surface area is 118 Å². The molecule has 0 bridgehead atoms. The van der Waals surface area contributed by atoms with Crippen LogP contribution >= 0.6 is 0 Å². The monoisotopic (exact) mass is 278 g/mol. The third-order valence-corrected chi connectivity index (χ3v) is 3.68.